The molecule has 0 fully saturated rings. The van der Waals surface area contributed by atoms with Crippen molar-refractivity contribution in [3.05, 3.63) is 81.3 Å². The van der Waals surface area contributed by atoms with Gasteiger partial charge in [0.05, 0.1) is 5.69 Å². The van der Waals surface area contributed by atoms with Gasteiger partial charge in [-0.05, 0) is 36.4 Å². The van der Waals surface area contributed by atoms with Crippen LogP contribution < -0.4 is 5.56 Å². The van der Waals surface area contributed by atoms with Crippen LogP contribution in [0.15, 0.2) is 64.9 Å². The average Bonchev–Trinajstić information content (AvgIpc) is 2.99. The number of nitrogens with zero attached hydrogens (tertiary/aromatic N) is 2. The molecule has 2 aromatic heterocycles. The molecule has 22 heavy (non-hydrogen) atoms. The number of pyridine rings is 1. The topological polar surface area (TPSA) is 34.9 Å². The third-order valence-corrected chi connectivity index (χ3v) is 3.93. The summed E-state index contributed by atoms with van der Waals surface area (Å²) in [7, 11) is 0. The first-order valence-corrected chi connectivity index (χ1v) is 7.64. The van der Waals surface area contributed by atoms with Gasteiger partial charge in [-0.1, -0.05) is 12.1 Å². The van der Waals surface area contributed by atoms with E-state index in [2.05, 4.69) is 4.98 Å². The van der Waals surface area contributed by atoms with Crippen molar-refractivity contribution in [3.63, 3.8) is 0 Å². The largest absolute Gasteiger partial charge is 0.312 e. The van der Waals surface area contributed by atoms with Crippen LogP contribution >= 0.6 is 11.3 Å². The van der Waals surface area contributed by atoms with Crippen molar-refractivity contribution < 1.29 is 4.39 Å². The molecule has 0 unspecified atom stereocenters. The molecule has 0 amide bonds. The summed E-state index contributed by atoms with van der Waals surface area (Å²) in [6, 6.07) is 11.3. The van der Waals surface area contributed by atoms with Gasteiger partial charge in [0.2, 0.25) is 0 Å². The highest BCUT2D eigenvalue weighted by Crippen LogP contribution is 2.22. The minimum Gasteiger partial charge on any atom is -0.312 e. The molecule has 0 bridgehead atoms. The Kier molecular flexibility index (Phi) is 4.25. The van der Waals surface area contributed by atoms with Gasteiger partial charge in [-0.25, -0.2) is 9.37 Å². The van der Waals surface area contributed by atoms with Crippen molar-refractivity contribution in [2.75, 3.05) is 0 Å². The second-order valence-corrected chi connectivity index (χ2v) is 5.56. The van der Waals surface area contributed by atoms with E-state index in [4.69, 9.17) is 0 Å². The van der Waals surface area contributed by atoms with Gasteiger partial charge >= 0.3 is 0 Å². The molecular weight excluding hydrogens is 299 g/mol. The van der Waals surface area contributed by atoms with E-state index in [0.717, 1.165) is 16.3 Å². The van der Waals surface area contributed by atoms with Crippen LogP contribution in [0.3, 0.4) is 0 Å². The van der Waals surface area contributed by atoms with Crippen molar-refractivity contribution in [1.82, 2.24) is 9.55 Å². The number of allylic oxidation sites excluding steroid dienone is 1. The van der Waals surface area contributed by atoms with Crippen LogP contribution in [-0.4, -0.2) is 9.55 Å². The summed E-state index contributed by atoms with van der Waals surface area (Å²) in [5.41, 5.74) is 1.68. The van der Waals surface area contributed by atoms with E-state index >= 15 is 0 Å². The normalized spacial score (nSPS) is 11.1. The molecule has 3 nitrogen and oxygen atoms in total. The Morgan fingerprint density at radius 1 is 1.18 bits per heavy atom. The Morgan fingerprint density at radius 3 is 2.77 bits per heavy atom. The number of rotatable bonds is 4. The minimum absolute atomic E-state index is 0.0294. The van der Waals surface area contributed by atoms with Crippen LogP contribution in [0.5, 0.6) is 0 Å². The fourth-order valence-corrected chi connectivity index (χ4v) is 2.74. The van der Waals surface area contributed by atoms with Crippen LogP contribution in [0.4, 0.5) is 4.39 Å². The molecular formula is C17H13FN2OS. The lowest BCUT2D eigenvalue weighted by Crippen LogP contribution is -2.16. The predicted molar refractivity (Wildman–Crippen MR) is 87.2 cm³/mol. The van der Waals surface area contributed by atoms with E-state index < -0.39 is 0 Å². The number of hydrogen-bond acceptors (Lipinski definition) is 3. The van der Waals surface area contributed by atoms with Gasteiger partial charge < -0.3 is 4.57 Å². The summed E-state index contributed by atoms with van der Waals surface area (Å²) >= 11 is 1.51. The highest BCUT2D eigenvalue weighted by molar-refractivity contribution is 7.10. The first kappa shape index (κ1) is 14.4. The summed E-state index contributed by atoms with van der Waals surface area (Å²) in [5, 5.41) is 2.78. The van der Waals surface area contributed by atoms with Crippen LogP contribution in [0, 0.1) is 5.82 Å². The molecule has 2 heterocycles. The quantitative estimate of drug-likeness (QED) is 0.734. The summed E-state index contributed by atoms with van der Waals surface area (Å²) in [6.07, 6.45) is 5.53. The van der Waals surface area contributed by atoms with Gasteiger partial charge in [0.25, 0.3) is 5.56 Å². The SMILES string of the molecule is O=c1ccccn1CC=Cc1nc(-c2ccc(F)cc2)cs1. The van der Waals surface area contributed by atoms with Crippen molar-refractivity contribution in [2.24, 2.45) is 0 Å². The lowest BCUT2D eigenvalue weighted by molar-refractivity contribution is 0.628. The molecule has 0 N–H and O–H groups in total. The second kappa shape index (κ2) is 6.49. The third-order valence-electron chi connectivity index (χ3n) is 3.12. The van der Waals surface area contributed by atoms with Crippen LogP contribution in [0.25, 0.3) is 17.3 Å². The van der Waals surface area contributed by atoms with Gasteiger partial charge in [-0.3, -0.25) is 4.79 Å². The van der Waals surface area contributed by atoms with E-state index in [1.165, 1.54) is 29.5 Å². The Balaban J connectivity index is 1.72. The molecule has 1 aromatic carbocycles. The van der Waals surface area contributed by atoms with Gasteiger partial charge in [-0.2, -0.15) is 0 Å². The Bertz CT molecular complexity index is 849. The van der Waals surface area contributed by atoms with E-state index in [1.807, 2.05) is 23.6 Å². The van der Waals surface area contributed by atoms with Gasteiger partial charge in [0.15, 0.2) is 0 Å². The summed E-state index contributed by atoms with van der Waals surface area (Å²) < 4.78 is 14.5. The highest BCUT2D eigenvalue weighted by atomic mass is 32.1. The predicted octanol–water partition coefficient (Wildman–Crippen LogP) is 3.82. The van der Waals surface area contributed by atoms with Gasteiger partial charge in [-0.15, -0.1) is 11.3 Å². The van der Waals surface area contributed by atoms with Crippen LogP contribution in [0.1, 0.15) is 5.01 Å². The number of halogens is 1. The first-order valence-electron chi connectivity index (χ1n) is 6.76. The summed E-state index contributed by atoms with van der Waals surface area (Å²) in [4.78, 5) is 16.0. The van der Waals surface area contributed by atoms with E-state index in [9.17, 15) is 9.18 Å². The maximum atomic E-state index is 12.9. The lowest BCUT2D eigenvalue weighted by Gasteiger charge is -1.98. The fraction of sp³-hybridized carbons (Fsp3) is 0.0588. The van der Waals surface area contributed by atoms with Crippen LogP contribution in [-0.2, 0) is 6.54 Å². The Hall–Kier alpha value is -2.53. The second-order valence-electron chi connectivity index (χ2n) is 4.67. The minimum atomic E-state index is -0.257. The summed E-state index contributed by atoms with van der Waals surface area (Å²) in [5.74, 6) is -0.257. The van der Waals surface area contributed by atoms with E-state index in [1.54, 1.807) is 29.0 Å². The average molecular weight is 312 g/mol. The fourth-order valence-electron chi connectivity index (χ4n) is 2.00. The molecule has 0 aliphatic carbocycles. The molecule has 0 radical (unpaired) electrons. The smallest absolute Gasteiger partial charge is 0.250 e. The van der Waals surface area contributed by atoms with Crippen molar-refractivity contribution in [1.29, 1.82) is 0 Å². The van der Waals surface area contributed by atoms with Gasteiger partial charge in [0.1, 0.15) is 10.8 Å². The highest BCUT2D eigenvalue weighted by Gasteiger charge is 2.02. The van der Waals surface area contributed by atoms with Crippen LogP contribution in [0.2, 0.25) is 0 Å². The molecule has 3 rings (SSSR count). The lowest BCUT2D eigenvalue weighted by atomic mass is 10.2. The van der Waals surface area contributed by atoms with E-state index in [-0.39, 0.29) is 11.4 Å². The van der Waals surface area contributed by atoms with Crippen molar-refractivity contribution in [3.8, 4) is 11.3 Å². The molecule has 0 aliphatic rings. The molecule has 0 saturated heterocycles. The van der Waals surface area contributed by atoms with E-state index in [0.29, 0.717) is 6.54 Å². The molecule has 5 heteroatoms. The monoisotopic (exact) mass is 312 g/mol. The Labute approximate surface area is 131 Å². The zero-order chi connectivity index (χ0) is 15.4. The molecule has 110 valence electrons. The molecule has 0 aliphatic heterocycles. The summed E-state index contributed by atoms with van der Waals surface area (Å²) in [6.45, 7) is 0.505. The third kappa shape index (κ3) is 3.38. The maximum Gasteiger partial charge on any atom is 0.250 e. The number of thiazole rings is 1. The first-order chi connectivity index (χ1) is 10.7. The molecule has 0 atom stereocenters. The Morgan fingerprint density at radius 2 is 2.00 bits per heavy atom. The van der Waals surface area contributed by atoms with Crippen molar-refractivity contribution in [2.45, 2.75) is 6.54 Å². The molecule has 0 spiro atoms. The standard InChI is InChI=1S/C17H13FN2OS/c18-14-8-6-13(7-9-14)15-12-22-16(19-15)4-3-11-20-10-2-1-5-17(20)21/h1-10,12H,11H2. The number of benzene rings is 1. The van der Waals surface area contributed by atoms with Gasteiger partial charge in [0, 0.05) is 29.8 Å². The number of aromatic nitrogens is 2. The van der Waals surface area contributed by atoms with Crippen molar-refractivity contribution >= 4 is 17.4 Å². The molecule has 3 aromatic rings. The zero-order valence-corrected chi connectivity index (χ0v) is 12.5. The maximum absolute atomic E-state index is 12.9. The molecule has 0 saturated carbocycles. The number of hydrogen-bond donors (Lipinski definition) is 0. The zero-order valence-electron chi connectivity index (χ0n) is 11.6.